The molecule has 1 N–H and O–H groups in total. The fraction of sp³-hybridized carbons (Fsp3) is 0.125. The molecule has 1 amide bonds. The maximum Gasteiger partial charge on any atom is 0.251 e. The van der Waals surface area contributed by atoms with Gasteiger partial charge in [0.05, 0.1) is 12.2 Å². The Labute approximate surface area is 127 Å². The third-order valence-corrected chi connectivity index (χ3v) is 3.45. The molecule has 2 aromatic heterocycles. The summed E-state index contributed by atoms with van der Waals surface area (Å²) in [6.45, 7) is 2.42. The predicted octanol–water partition coefficient (Wildman–Crippen LogP) is 3.23. The van der Waals surface area contributed by atoms with E-state index in [1.807, 2.05) is 35.9 Å². The van der Waals surface area contributed by atoms with Crippen molar-refractivity contribution in [2.45, 2.75) is 13.5 Å². The van der Waals surface area contributed by atoms with E-state index in [2.05, 4.69) is 10.3 Å². The molecule has 0 radical (unpaired) electrons. The van der Waals surface area contributed by atoms with E-state index in [-0.39, 0.29) is 5.91 Å². The minimum absolute atomic E-state index is 0.139. The summed E-state index contributed by atoms with van der Waals surface area (Å²) in [6, 6.07) is 10.8. The molecule has 0 atom stereocenters. The molecule has 1 aromatic carbocycles. The SMILES string of the molecule is Cc1ccn2cc(CNC(=O)c3ccc(Cl)cc3)nc2c1. The molecule has 0 saturated heterocycles. The van der Waals surface area contributed by atoms with Crippen molar-refractivity contribution in [3.8, 4) is 0 Å². The lowest BCUT2D eigenvalue weighted by molar-refractivity contribution is 0.0950. The van der Waals surface area contributed by atoms with Gasteiger partial charge in [0.2, 0.25) is 0 Å². The summed E-state index contributed by atoms with van der Waals surface area (Å²) < 4.78 is 1.94. The van der Waals surface area contributed by atoms with Crippen LogP contribution >= 0.6 is 11.6 Å². The number of fused-ring (bicyclic) bond motifs is 1. The minimum Gasteiger partial charge on any atom is -0.346 e. The molecule has 0 fully saturated rings. The topological polar surface area (TPSA) is 46.4 Å². The Balaban J connectivity index is 1.71. The molecule has 5 heteroatoms. The van der Waals surface area contributed by atoms with Gasteiger partial charge in [-0.05, 0) is 48.9 Å². The molecule has 0 saturated carbocycles. The normalized spacial score (nSPS) is 10.8. The largest absolute Gasteiger partial charge is 0.346 e. The van der Waals surface area contributed by atoms with E-state index in [1.165, 1.54) is 0 Å². The molecule has 2 heterocycles. The van der Waals surface area contributed by atoms with Crippen molar-refractivity contribution < 1.29 is 4.79 Å². The van der Waals surface area contributed by atoms with E-state index in [0.717, 1.165) is 16.9 Å². The van der Waals surface area contributed by atoms with Crippen LogP contribution in [0.15, 0.2) is 48.8 Å². The molecular formula is C16H14ClN3O. The molecule has 4 nitrogen and oxygen atoms in total. The summed E-state index contributed by atoms with van der Waals surface area (Å²) in [6.07, 6.45) is 3.87. The Morgan fingerprint density at radius 1 is 1.29 bits per heavy atom. The van der Waals surface area contributed by atoms with Gasteiger partial charge in [0, 0.05) is 23.0 Å². The van der Waals surface area contributed by atoms with Crippen molar-refractivity contribution in [3.05, 3.63) is 70.6 Å². The zero-order valence-corrected chi connectivity index (χ0v) is 12.3. The number of benzene rings is 1. The molecule has 0 unspecified atom stereocenters. The number of nitrogens with one attached hydrogen (secondary N) is 1. The first kappa shape index (κ1) is 13.6. The first-order valence-corrected chi connectivity index (χ1v) is 6.97. The number of imidazole rings is 1. The number of pyridine rings is 1. The van der Waals surface area contributed by atoms with Crippen molar-refractivity contribution in [3.63, 3.8) is 0 Å². The number of carbonyl (C=O) groups excluding carboxylic acids is 1. The van der Waals surface area contributed by atoms with Crippen LogP contribution in [0.25, 0.3) is 5.65 Å². The highest BCUT2D eigenvalue weighted by atomic mass is 35.5. The van der Waals surface area contributed by atoms with Gasteiger partial charge in [-0.25, -0.2) is 4.98 Å². The highest BCUT2D eigenvalue weighted by Crippen LogP contribution is 2.10. The van der Waals surface area contributed by atoms with Crippen LogP contribution in [0.4, 0.5) is 0 Å². The third-order valence-electron chi connectivity index (χ3n) is 3.20. The van der Waals surface area contributed by atoms with E-state index >= 15 is 0 Å². The number of hydrogen-bond donors (Lipinski definition) is 1. The maximum absolute atomic E-state index is 12.0. The van der Waals surface area contributed by atoms with Gasteiger partial charge in [-0.1, -0.05) is 11.6 Å². The second-order valence-corrected chi connectivity index (χ2v) is 5.33. The average Bonchev–Trinajstić information content (AvgIpc) is 2.87. The smallest absolute Gasteiger partial charge is 0.251 e. The number of nitrogens with zero attached hydrogens (tertiary/aromatic N) is 2. The summed E-state index contributed by atoms with van der Waals surface area (Å²) >= 11 is 5.80. The Morgan fingerprint density at radius 2 is 2.05 bits per heavy atom. The Kier molecular flexibility index (Phi) is 3.62. The molecule has 106 valence electrons. The number of halogens is 1. The summed E-state index contributed by atoms with van der Waals surface area (Å²) in [7, 11) is 0. The van der Waals surface area contributed by atoms with Gasteiger partial charge in [0.1, 0.15) is 5.65 Å². The van der Waals surface area contributed by atoms with E-state index < -0.39 is 0 Å². The van der Waals surface area contributed by atoms with Gasteiger partial charge >= 0.3 is 0 Å². The van der Waals surface area contributed by atoms with Gasteiger partial charge < -0.3 is 9.72 Å². The van der Waals surface area contributed by atoms with Crippen molar-refractivity contribution in [1.29, 1.82) is 0 Å². The number of carbonyl (C=O) groups is 1. The monoisotopic (exact) mass is 299 g/mol. The van der Waals surface area contributed by atoms with E-state index in [9.17, 15) is 4.79 Å². The first-order valence-electron chi connectivity index (χ1n) is 6.60. The quantitative estimate of drug-likeness (QED) is 0.807. The second kappa shape index (κ2) is 5.58. The number of amides is 1. The Bertz CT molecular complexity index is 793. The summed E-state index contributed by atoms with van der Waals surface area (Å²) in [5.41, 5.74) is 3.44. The molecule has 0 aliphatic carbocycles. The van der Waals surface area contributed by atoms with Crippen LogP contribution in [0.5, 0.6) is 0 Å². The summed E-state index contributed by atoms with van der Waals surface area (Å²) in [5.74, 6) is -0.139. The van der Waals surface area contributed by atoms with Crippen LogP contribution in [0, 0.1) is 6.92 Å². The van der Waals surface area contributed by atoms with Crippen molar-refractivity contribution >= 4 is 23.2 Å². The highest BCUT2D eigenvalue weighted by molar-refractivity contribution is 6.30. The third kappa shape index (κ3) is 3.06. The van der Waals surface area contributed by atoms with Crippen molar-refractivity contribution in [2.75, 3.05) is 0 Å². The minimum atomic E-state index is -0.139. The van der Waals surface area contributed by atoms with Crippen LogP contribution in [-0.2, 0) is 6.54 Å². The molecule has 0 spiro atoms. The summed E-state index contributed by atoms with van der Waals surface area (Å²) in [4.78, 5) is 16.5. The first-order chi connectivity index (χ1) is 10.1. The van der Waals surface area contributed by atoms with Gasteiger partial charge in [-0.15, -0.1) is 0 Å². The number of rotatable bonds is 3. The molecular weight excluding hydrogens is 286 g/mol. The second-order valence-electron chi connectivity index (χ2n) is 4.89. The van der Waals surface area contributed by atoms with Crippen LogP contribution < -0.4 is 5.32 Å². The lowest BCUT2D eigenvalue weighted by Crippen LogP contribution is -2.22. The molecule has 0 bridgehead atoms. The van der Waals surface area contributed by atoms with Gasteiger partial charge in [-0.2, -0.15) is 0 Å². The molecule has 0 aliphatic rings. The van der Waals surface area contributed by atoms with Gasteiger partial charge in [0.25, 0.3) is 5.91 Å². The van der Waals surface area contributed by atoms with Crippen LogP contribution in [0.1, 0.15) is 21.6 Å². The zero-order chi connectivity index (χ0) is 14.8. The van der Waals surface area contributed by atoms with E-state index in [1.54, 1.807) is 24.3 Å². The standard InChI is InChI=1S/C16H14ClN3O/c1-11-6-7-20-10-14(19-15(20)8-11)9-18-16(21)12-2-4-13(17)5-3-12/h2-8,10H,9H2,1H3,(H,18,21). The van der Waals surface area contributed by atoms with Gasteiger partial charge in [0.15, 0.2) is 0 Å². The van der Waals surface area contributed by atoms with Crippen LogP contribution in [0.3, 0.4) is 0 Å². The fourth-order valence-corrected chi connectivity index (χ4v) is 2.22. The van der Waals surface area contributed by atoms with Crippen molar-refractivity contribution in [2.24, 2.45) is 0 Å². The fourth-order valence-electron chi connectivity index (χ4n) is 2.10. The molecule has 3 aromatic rings. The van der Waals surface area contributed by atoms with Gasteiger partial charge in [-0.3, -0.25) is 4.79 Å². The Morgan fingerprint density at radius 3 is 2.81 bits per heavy atom. The molecule has 21 heavy (non-hydrogen) atoms. The lowest BCUT2D eigenvalue weighted by Gasteiger charge is -2.03. The molecule has 0 aliphatic heterocycles. The van der Waals surface area contributed by atoms with E-state index in [0.29, 0.717) is 17.1 Å². The van der Waals surface area contributed by atoms with Crippen molar-refractivity contribution in [1.82, 2.24) is 14.7 Å². The number of hydrogen-bond acceptors (Lipinski definition) is 2. The van der Waals surface area contributed by atoms with Crippen LogP contribution in [0.2, 0.25) is 5.02 Å². The predicted molar refractivity (Wildman–Crippen MR) is 82.6 cm³/mol. The molecule has 3 rings (SSSR count). The lowest BCUT2D eigenvalue weighted by atomic mass is 10.2. The highest BCUT2D eigenvalue weighted by Gasteiger charge is 2.07. The maximum atomic E-state index is 12.0. The average molecular weight is 300 g/mol. The number of aryl methyl sites for hydroxylation is 1. The summed E-state index contributed by atoms with van der Waals surface area (Å²) in [5, 5.41) is 3.47. The number of aromatic nitrogens is 2. The zero-order valence-electron chi connectivity index (χ0n) is 11.5. The van der Waals surface area contributed by atoms with E-state index in [4.69, 9.17) is 11.6 Å². The van der Waals surface area contributed by atoms with Crippen LogP contribution in [-0.4, -0.2) is 15.3 Å². The Hall–Kier alpha value is -2.33.